The highest BCUT2D eigenvalue weighted by Gasteiger charge is 2.37. The van der Waals surface area contributed by atoms with E-state index in [2.05, 4.69) is 31.8 Å². The molecule has 3 aliphatic heterocycles. The normalized spacial score (nSPS) is 20.4. The van der Waals surface area contributed by atoms with Crippen molar-refractivity contribution < 1.29 is 51.8 Å². The van der Waals surface area contributed by atoms with Gasteiger partial charge < -0.3 is 48.1 Å². The number of carboxylic acids is 1. The van der Waals surface area contributed by atoms with Gasteiger partial charge in [0.25, 0.3) is 0 Å². The number of methoxy groups -OCH3 is 1. The van der Waals surface area contributed by atoms with Crippen molar-refractivity contribution in [2.45, 2.75) is 76.7 Å². The third-order valence-corrected chi connectivity index (χ3v) is 16.9. The second-order valence-electron chi connectivity index (χ2n) is 20.2. The number of aliphatic carboxylic acids is 1. The van der Waals surface area contributed by atoms with Crippen LogP contribution in [0.2, 0.25) is 10.0 Å². The van der Waals surface area contributed by atoms with Crippen molar-refractivity contribution in [3.63, 3.8) is 0 Å². The molecule has 412 valence electrons. The topological polar surface area (TPSA) is 160 Å². The average Bonchev–Trinajstić information content (AvgIpc) is 3.83. The Kier molecular flexibility index (Phi) is 19.3. The van der Waals surface area contributed by atoms with Crippen molar-refractivity contribution in [3.8, 4) is 38.9 Å². The molecular formula is C57H66Cl2F2N6O9S. The number of fused-ring (bicyclic) bond motifs is 7. The zero-order valence-electron chi connectivity index (χ0n) is 44.0. The number of carbonyl (C=O) groups is 1. The van der Waals surface area contributed by atoms with E-state index in [1.165, 1.54) is 29.8 Å². The van der Waals surface area contributed by atoms with Crippen molar-refractivity contribution in [2.24, 2.45) is 5.92 Å². The van der Waals surface area contributed by atoms with Gasteiger partial charge in [0.2, 0.25) is 12.0 Å². The van der Waals surface area contributed by atoms with Crippen LogP contribution >= 0.6 is 34.5 Å². The van der Waals surface area contributed by atoms with Gasteiger partial charge in [-0.15, -0.1) is 11.3 Å². The van der Waals surface area contributed by atoms with Crippen LogP contribution in [0.3, 0.4) is 0 Å². The number of benzene rings is 3. The van der Waals surface area contributed by atoms with E-state index in [0.717, 1.165) is 59.9 Å². The zero-order chi connectivity index (χ0) is 54.1. The van der Waals surface area contributed by atoms with Crippen molar-refractivity contribution in [3.05, 3.63) is 111 Å². The summed E-state index contributed by atoms with van der Waals surface area (Å²) in [4.78, 5) is 38.2. The molecule has 0 unspecified atom stereocenters. The smallest absolute Gasteiger partial charge is 0.345 e. The Morgan fingerprint density at radius 2 is 1.58 bits per heavy atom. The number of alkyl halides is 1. The molecule has 10 rings (SSSR count). The van der Waals surface area contributed by atoms with Crippen molar-refractivity contribution in [1.82, 2.24) is 29.7 Å². The molecule has 3 aromatic carbocycles. The van der Waals surface area contributed by atoms with Crippen LogP contribution in [0.4, 0.5) is 8.78 Å². The molecule has 2 fully saturated rings. The summed E-state index contributed by atoms with van der Waals surface area (Å²) in [5, 5.41) is 12.5. The van der Waals surface area contributed by atoms with E-state index in [1.807, 2.05) is 19.9 Å². The molecular weight excluding hydrogens is 1050 g/mol. The highest BCUT2D eigenvalue weighted by Crippen LogP contribution is 2.52. The van der Waals surface area contributed by atoms with Gasteiger partial charge in [0, 0.05) is 90.3 Å². The molecule has 3 aromatic heterocycles. The second kappa shape index (κ2) is 26.2. The van der Waals surface area contributed by atoms with E-state index < -0.39 is 23.6 Å². The molecule has 4 bridgehead atoms. The maximum absolute atomic E-state index is 15.9. The number of hydrogen-bond donors (Lipinski definition) is 1. The van der Waals surface area contributed by atoms with Gasteiger partial charge in [-0.2, -0.15) is 0 Å². The summed E-state index contributed by atoms with van der Waals surface area (Å²) in [6.45, 7) is 11.2. The van der Waals surface area contributed by atoms with E-state index >= 15 is 4.39 Å². The van der Waals surface area contributed by atoms with Crippen LogP contribution in [0, 0.1) is 25.6 Å². The molecule has 1 aliphatic carbocycles. The Balaban J connectivity index is 0.986. The number of aromatic nitrogens is 4. The molecule has 0 radical (unpaired) electrons. The first kappa shape index (κ1) is 56.6. The van der Waals surface area contributed by atoms with Crippen LogP contribution in [0.1, 0.15) is 65.4 Å². The average molecular weight is 1120 g/mol. The Bertz CT molecular complexity index is 2950. The first-order valence-electron chi connectivity index (χ1n) is 26.2. The van der Waals surface area contributed by atoms with E-state index in [-0.39, 0.29) is 37.4 Å². The summed E-state index contributed by atoms with van der Waals surface area (Å²) in [7, 11) is 3.75. The molecule has 6 heterocycles. The van der Waals surface area contributed by atoms with Gasteiger partial charge in [0.1, 0.15) is 46.6 Å². The SMILES string of the molecule is COCCOCCOCCOCC1(F)CCC(c2nccc(COc3ccc4cc3C[C@H](C(=O)O)Oc3ncnc5sc(-c6ccc(F)cc6)c(c35)-c3c(C)c(Cl)c(c(Cl)c3C)C[C@H](CN3CCN(C)CC3)CO4)n2)CC1. The lowest BCUT2D eigenvalue weighted by Gasteiger charge is -2.35. The standard InChI is InChI=1S/C57H66Cl2F2N6O9S/c1-35-47-36(2)51(59)44(50(35)58)27-37(30-67-19-17-66(3)18-20-67)31-74-43-9-10-45(40(28-43)29-46(56(68)69)76-54-49-48(47)52(77-55(49)64-34-63-54)38-5-7-41(60)8-6-38)75-32-42-13-16-62-53(65-42)39-11-14-57(61,15-12-39)33-73-26-25-72-24-23-71-22-21-70-4/h5-10,13,16,28,34,37,39,46H,11-12,14-15,17-27,29-33H2,1-4H3,(H,68,69)/t37-,39?,46-,57?/m1/s1. The Morgan fingerprint density at radius 1 is 0.883 bits per heavy atom. The molecule has 0 amide bonds. The van der Waals surface area contributed by atoms with Crippen LogP contribution in [-0.4, -0.2) is 152 Å². The number of rotatable bonds is 19. The second-order valence-corrected chi connectivity index (χ2v) is 22.0. The van der Waals surface area contributed by atoms with Gasteiger partial charge in [-0.05, 0) is 117 Å². The molecule has 0 spiro atoms. The summed E-state index contributed by atoms with van der Waals surface area (Å²) in [5.41, 5.74) is 4.09. The van der Waals surface area contributed by atoms with Gasteiger partial charge >= 0.3 is 5.97 Å². The fourth-order valence-electron chi connectivity index (χ4n) is 10.4. The fraction of sp³-hybridized carbons (Fsp3) is 0.491. The number of thiophene rings is 1. The molecule has 1 saturated carbocycles. The van der Waals surface area contributed by atoms with Crippen molar-refractivity contribution >= 4 is 50.7 Å². The fourth-order valence-corrected chi connectivity index (χ4v) is 12.1. The summed E-state index contributed by atoms with van der Waals surface area (Å²) in [5.74, 6) is -0.157. The molecule has 1 saturated heterocycles. The number of likely N-dealkylation sites (N-methyl/N-ethyl adjacent to an activating group) is 1. The van der Waals surface area contributed by atoms with Crippen LogP contribution < -0.4 is 14.2 Å². The number of hydrogen-bond acceptors (Lipinski definition) is 15. The number of carboxylic acid groups (broad SMARTS) is 1. The minimum atomic E-state index is -1.47. The lowest BCUT2D eigenvalue weighted by molar-refractivity contribution is -0.145. The van der Waals surface area contributed by atoms with Gasteiger partial charge in [-0.25, -0.2) is 33.5 Å². The number of ether oxygens (including phenoxy) is 7. The summed E-state index contributed by atoms with van der Waals surface area (Å²) >= 11 is 16.3. The maximum Gasteiger partial charge on any atom is 0.345 e. The third-order valence-electron chi connectivity index (χ3n) is 14.7. The highest BCUT2D eigenvalue weighted by molar-refractivity contribution is 7.22. The van der Waals surface area contributed by atoms with Crippen LogP contribution in [0.15, 0.2) is 61.1 Å². The third kappa shape index (κ3) is 14.0. The highest BCUT2D eigenvalue weighted by atomic mass is 35.5. The minimum Gasteiger partial charge on any atom is -0.493 e. The summed E-state index contributed by atoms with van der Waals surface area (Å²) < 4.78 is 71.6. The van der Waals surface area contributed by atoms with Crippen LogP contribution in [0.5, 0.6) is 17.4 Å². The first-order valence-corrected chi connectivity index (χ1v) is 27.8. The molecule has 15 nitrogen and oxygen atoms in total. The molecule has 6 aromatic rings. The molecule has 2 atom stereocenters. The zero-order valence-corrected chi connectivity index (χ0v) is 46.3. The van der Waals surface area contributed by atoms with E-state index in [0.29, 0.717) is 138 Å². The lowest BCUT2D eigenvalue weighted by atomic mass is 9.80. The Morgan fingerprint density at radius 3 is 2.29 bits per heavy atom. The van der Waals surface area contributed by atoms with Gasteiger partial charge in [-0.1, -0.05) is 35.3 Å². The predicted octanol–water partition coefficient (Wildman–Crippen LogP) is 10.4. The lowest BCUT2D eigenvalue weighted by Crippen LogP contribution is -2.47. The van der Waals surface area contributed by atoms with Gasteiger partial charge in [-0.3, -0.25) is 0 Å². The summed E-state index contributed by atoms with van der Waals surface area (Å²) in [6, 6.07) is 13.3. The Labute approximate surface area is 462 Å². The van der Waals surface area contributed by atoms with Crippen LogP contribution in [0.25, 0.3) is 31.8 Å². The van der Waals surface area contributed by atoms with Gasteiger partial charge in [0.05, 0.1) is 63.9 Å². The molecule has 4 aliphatic rings. The predicted molar refractivity (Wildman–Crippen MR) is 292 cm³/mol. The van der Waals surface area contributed by atoms with Crippen LogP contribution in [-0.2, 0) is 43.2 Å². The Hall–Kier alpha value is -5.15. The monoisotopic (exact) mass is 1120 g/mol. The first-order chi connectivity index (χ1) is 37.3. The van der Waals surface area contributed by atoms with Crippen molar-refractivity contribution in [1.29, 1.82) is 0 Å². The minimum absolute atomic E-state index is 0.00662. The quantitative estimate of drug-likeness (QED) is 0.0763. The maximum atomic E-state index is 15.9. The van der Waals surface area contributed by atoms with Crippen molar-refractivity contribution in [2.75, 3.05) is 99.7 Å². The molecule has 20 heteroatoms. The molecule has 77 heavy (non-hydrogen) atoms. The van der Waals surface area contributed by atoms with E-state index in [9.17, 15) is 14.3 Å². The van der Waals surface area contributed by atoms with E-state index in [1.54, 1.807) is 43.6 Å². The number of piperazine rings is 1. The summed E-state index contributed by atoms with van der Waals surface area (Å²) in [6.07, 6.45) is 3.67. The largest absolute Gasteiger partial charge is 0.493 e. The number of halogens is 4. The number of nitrogens with zero attached hydrogens (tertiary/aromatic N) is 6. The van der Waals surface area contributed by atoms with Gasteiger partial charge in [0.15, 0.2) is 0 Å². The van der Waals surface area contributed by atoms with E-state index in [4.69, 9.17) is 61.3 Å². The molecule has 1 N–H and O–H groups in total.